The maximum atomic E-state index is 11.8. The van der Waals surface area contributed by atoms with Crippen LogP contribution >= 0.6 is 0 Å². The van der Waals surface area contributed by atoms with E-state index in [1.165, 1.54) is 25.7 Å². The van der Waals surface area contributed by atoms with Gasteiger partial charge in [0.1, 0.15) is 0 Å². The van der Waals surface area contributed by atoms with Gasteiger partial charge in [0.05, 0.1) is 5.92 Å². The first kappa shape index (κ1) is 12.0. The van der Waals surface area contributed by atoms with Crippen LogP contribution in [0.1, 0.15) is 39.0 Å². The SMILES string of the molecule is CC1CC1C(=O)OCC(=O)NC(C1CC1)C1CC1. The number of esters is 1. The molecule has 2 atom stereocenters. The summed E-state index contributed by atoms with van der Waals surface area (Å²) < 4.78 is 5.05. The van der Waals surface area contributed by atoms with Crippen molar-refractivity contribution < 1.29 is 14.3 Å². The summed E-state index contributed by atoms with van der Waals surface area (Å²) in [5, 5.41) is 3.05. The molecule has 4 heteroatoms. The van der Waals surface area contributed by atoms with Crippen LogP contribution in [0.3, 0.4) is 0 Å². The fraction of sp³-hybridized carbons (Fsp3) is 0.857. The number of hydrogen-bond donors (Lipinski definition) is 1. The molecule has 3 aliphatic carbocycles. The van der Waals surface area contributed by atoms with Crippen LogP contribution < -0.4 is 5.32 Å². The van der Waals surface area contributed by atoms with Crippen molar-refractivity contribution in [3.05, 3.63) is 0 Å². The Hall–Kier alpha value is -1.06. The highest BCUT2D eigenvalue weighted by Crippen LogP contribution is 2.44. The topological polar surface area (TPSA) is 55.4 Å². The number of hydrogen-bond acceptors (Lipinski definition) is 3. The number of rotatable bonds is 6. The molecule has 3 rings (SSSR count). The van der Waals surface area contributed by atoms with Crippen LogP contribution in [-0.2, 0) is 14.3 Å². The molecule has 0 radical (unpaired) electrons. The molecule has 0 aliphatic heterocycles. The fourth-order valence-corrected chi connectivity index (χ4v) is 2.65. The van der Waals surface area contributed by atoms with E-state index in [1.807, 2.05) is 6.92 Å². The van der Waals surface area contributed by atoms with Gasteiger partial charge in [-0.1, -0.05) is 6.92 Å². The Balaban J connectivity index is 1.39. The van der Waals surface area contributed by atoms with Crippen molar-refractivity contribution in [3.8, 4) is 0 Å². The zero-order valence-corrected chi connectivity index (χ0v) is 10.9. The first-order valence-corrected chi connectivity index (χ1v) is 7.11. The molecule has 4 nitrogen and oxygen atoms in total. The van der Waals surface area contributed by atoms with Gasteiger partial charge in [-0.15, -0.1) is 0 Å². The molecule has 3 fully saturated rings. The quantitative estimate of drug-likeness (QED) is 0.728. The smallest absolute Gasteiger partial charge is 0.309 e. The van der Waals surface area contributed by atoms with E-state index in [1.54, 1.807) is 0 Å². The molecule has 0 spiro atoms. The van der Waals surface area contributed by atoms with Crippen molar-refractivity contribution >= 4 is 11.9 Å². The van der Waals surface area contributed by atoms with Crippen LogP contribution in [0.5, 0.6) is 0 Å². The lowest BCUT2D eigenvalue weighted by Gasteiger charge is -2.17. The lowest BCUT2D eigenvalue weighted by molar-refractivity contribution is -0.150. The number of carbonyl (C=O) groups excluding carboxylic acids is 2. The van der Waals surface area contributed by atoms with Gasteiger partial charge in [0.15, 0.2) is 6.61 Å². The molecule has 1 N–H and O–H groups in total. The third-order valence-corrected chi connectivity index (χ3v) is 4.35. The lowest BCUT2D eigenvalue weighted by atomic mass is 10.1. The van der Waals surface area contributed by atoms with Crippen LogP contribution in [0.2, 0.25) is 0 Å². The van der Waals surface area contributed by atoms with Gasteiger partial charge in [-0.3, -0.25) is 9.59 Å². The van der Waals surface area contributed by atoms with E-state index < -0.39 is 0 Å². The highest BCUT2D eigenvalue weighted by atomic mass is 16.5. The summed E-state index contributed by atoms with van der Waals surface area (Å²) in [5.41, 5.74) is 0. The van der Waals surface area contributed by atoms with Crippen LogP contribution in [0, 0.1) is 23.7 Å². The molecule has 1 amide bonds. The lowest BCUT2D eigenvalue weighted by Crippen LogP contribution is -2.40. The predicted octanol–water partition coefficient (Wildman–Crippen LogP) is 1.49. The molecular formula is C14H21NO3. The Labute approximate surface area is 107 Å². The Morgan fingerprint density at radius 3 is 2.22 bits per heavy atom. The van der Waals surface area contributed by atoms with Gasteiger partial charge in [0.2, 0.25) is 0 Å². The summed E-state index contributed by atoms with van der Waals surface area (Å²) >= 11 is 0. The molecule has 3 saturated carbocycles. The maximum absolute atomic E-state index is 11.8. The summed E-state index contributed by atoms with van der Waals surface area (Å²) in [6, 6.07) is 0.344. The minimum absolute atomic E-state index is 0.0421. The average Bonchev–Trinajstić information content (AvgIpc) is 3.19. The van der Waals surface area contributed by atoms with Crippen molar-refractivity contribution in [2.75, 3.05) is 6.61 Å². The molecule has 0 bridgehead atoms. The monoisotopic (exact) mass is 251 g/mol. The van der Waals surface area contributed by atoms with Gasteiger partial charge in [-0.25, -0.2) is 0 Å². The fourth-order valence-electron chi connectivity index (χ4n) is 2.65. The molecule has 2 unspecified atom stereocenters. The standard InChI is InChI=1S/C14H21NO3/c1-8-6-11(8)14(17)18-7-12(16)15-13(9-2-3-9)10-4-5-10/h8-11,13H,2-7H2,1H3,(H,15,16). The van der Waals surface area contributed by atoms with Gasteiger partial charge in [-0.05, 0) is 49.9 Å². The summed E-state index contributed by atoms with van der Waals surface area (Å²) in [6.45, 7) is 1.93. The number of nitrogens with one attached hydrogen (secondary N) is 1. The van der Waals surface area contributed by atoms with Gasteiger partial charge < -0.3 is 10.1 Å². The van der Waals surface area contributed by atoms with E-state index in [0.717, 1.165) is 6.42 Å². The van der Waals surface area contributed by atoms with Crippen molar-refractivity contribution in [1.29, 1.82) is 0 Å². The molecule has 0 saturated heterocycles. The van der Waals surface area contributed by atoms with E-state index in [0.29, 0.717) is 23.8 Å². The molecule has 0 aromatic heterocycles. The second-order valence-corrected chi connectivity index (χ2v) is 6.20. The maximum Gasteiger partial charge on any atom is 0.309 e. The van der Waals surface area contributed by atoms with Crippen molar-refractivity contribution in [3.63, 3.8) is 0 Å². The van der Waals surface area contributed by atoms with Gasteiger partial charge >= 0.3 is 5.97 Å². The van der Waals surface area contributed by atoms with E-state index >= 15 is 0 Å². The zero-order valence-electron chi connectivity index (χ0n) is 10.9. The average molecular weight is 251 g/mol. The van der Waals surface area contributed by atoms with Crippen molar-refractivity contribution in [1.82, 2.24) is 5.32 Å². The first-order chi connectivity index (χ1) is 8.65. The largest absolute Gasteiger partial charge is 0.455 e. The molecule has 18 heavy (non-hydrogen) atoms. The minimum Gasteiger partial charge on any atom is -0.455 e. The van der Waals surface area contributed by atoms with Gasteiger partial charge in [-0.2, -0.15) is 0 Å². The Morgan fingerprint density at radius 1 is 1.22 bits per heavy atom. The van der Waals surface area contributed by atoms with Gasteiger partial charge in [0.25, 0.3) is 5.91 Å². The second-order valence-electron chi connectivity index (χ2n) is 6.20. The Kier molecular flexibility index (Phi) is 3.04. The highest BCUT2D eigenvalue weighted by Gasteiger charge is 2.43. The van der Waals surface area contributed by atoms with Crippen LogP contribution in [0.4, 0.5) is 0 Å². The molecule has 0 aromatic carbocycles. The number of ether oxygens (including phenoxy) is 1. The van der Waals surface area contributed by atoms with Crippen LogP contribution in [0.25, 0.3) is 0 Å². The summed E-state index contributed by atoms with van der Waals surface area (Å²) in [4.78, 5) is 23.3. The molecule has 0 aromatic rings. The van der Waals surface area contributed by atoms with Crippen molar-refractivity contribution in [2.45, 2.75) is 45.1 Å². The van der Waals surface area contributed by atoms with Crippen molar-refractivity contribution in [2.24, 2.45) is 23.7 Å². The summed E-state index contributed by atoms with van der Waals surface area (Å²) in [5.74, 6) is 1.51. The minimum atomic E-state index is -0.202. The molecule has 3 aliphatic rings. The molecule has 100 valence electrons. The third kappa shape index (κ3) is 2.85. The zero-order chi connectivity index (χ0) is 12.7. The Bertz CT molecular complexity index is 348. The van der Waals surface area contributed by atoms with E-state index in [2.05, 4.69) is 5.32 Å². The number of amides is 1. The summed E-state index contributed by atoms with van der Waals surface area (Å²) in [6.07, 6.45) is 5.86. The summed E-state index contributed by atoms with van der Waals surface area (Å²) in [7, 11) is 0. The predicted molar refractivity (Wildman–Crippen MR) is 65.6 cm³/mol. The first-order valence-electron chi connectivity index (χ1n) is 7.11. The van der Waals surface area contributed by atoms with Crippen LogP contribution in [-0.4, -0.2) is 24.5 Å². The van der Waals surface area contributed by atoms with E-state index in [-0.39, 0.29) is 24.4 Å². The van der Waals surface area contributed by atoms with Crippen LogP contribution in [0.15, 0.2) is 0 Å². The van der Waals surface area contributed by atoms with Gasteiger partial charge in [0, 0.05) is 6.04 Å². The number of carbonyl (C=O) groups is 2. The Morgan fingerprint density at radius 2 is 1.78 bits per heavy atom. The van der Waals surface area contributed by atoms with E-state index in [4.69, 9.17) is 4.74 Å². The normalized spacial score (nSPS) is 30.1. The highest BCUT2D eigenvalue weighted by molar-refractivity contribution is 5.82. The van der Waals surface area contributed by atoms with E-state index in [9.17, 15) is 9.59 Å². The molecular weight excluding hydrogens is 230 g/mol. The third-order valence-electron chi connectivity index (χ3n) is 4.35. The molecule has 0 heterocycles. The second kappa shape index (κ2) is 4.56.